The van der Waals surface area contributed by atoms with E-state index >= 15 is 0 Å². The Labute approximate surface area is 154 Å². The van der Waals surface area contributed by atoms with E-state index in [4.69, 9.17) is 0 Å². The molecule has 1 N–H and O–H groups in total. The van der Waals surface area contributed by atoms with Crippen LogP contribution in [0.3, 0.4) is 0 Å². The van der Waals surface area contributed by atoms with Crippen LogP contribution >= 0.6 is 0 Å². The van der Waals surface area contributed by atoms with Crippen LogP contribution in [-0.4, -0.2) is 30.6 Å². The zero-order valence-electron chi connectivity index (χ0n) is 14.9. The van der Waals surface area contributed by atoms with E-state index in [0.717, 1.165) is 6.42 Å². The van der Waals surface area contributed by atoms with Crippen LogP contribution in [0.4, 0.5) is 0 Å². The average Bonchev–Trinajstić information content (AvgIpc) is 3.01. The van der Waals surface area contributed by atoms with Crippen LogP contribution in [0.1, 0.15) is 5.56 Å². The highest BCUT2D eigenvalue weighted by Gasteiger charge is 2.27. The minimum Gasteiger partial charge on any atom is -0.329 e. The van der Waals surface area contributed by atoms with Crippen molar-refractivity contribution in [3.8, 4) is 22.3 Å². The van der Waals surface area contributed by atoms with Gasteiger partial charge in [0.2, 0.25) is 5.91 Å². The van der Waals surface area contributed by atoms with Gasteiger partial charge < -0.3 is 4.90 Å². The molecule has 1 atom stereocenters. The molecule has 26 heavy (non-hydrogen) atoms. The number of carbonyl (C=O) groups excluding carboxylic acids is 1. The van der Waals surface area contributed by atoms with Gasteiger partial charge in [0.15, 0.2) is 0 Å². The van der Waals surface area contributed by atoms with Gasteiger partial charge in [-0.2, -0.15) is 0 Å². The zero-order valence-corrected chi connectivity index (χ0v) is 14.9. The van der Waals surface area contributed by atoms with Crippen LogP contribution in [0.5, 0.6) is 0 Å². The molecule has 1 aliphatic heterocycles. The SMILES string of the molecule is CN1C(=O)CN[C@H]1Cc1cc(-c2ccccc2)cc(-c2ccccc2)c1. The highest BCUT2D eigenvalue weighted by Crippen LogP contribution is 2.29. The number of hydrogen-bond donors (Lipinski definition) is 1. The van der Waals surface area contributed by atoms with Gasteiger partial charge in [0.1, 0.15) is 0 Å². The van der Waals surface area contributed by atoms with E-state index in [2.05, 4.69) is 72.0 Å². The fraction of sp³-hybridized carbons (Fsp3) is 0.174. The molecular formula is C23H22N2O. The maximum atomic E-state index is 11.8. The molecular weight excluding hydrogens is 320 g/mol. The van der Waals surface area contributed by atoms with Crippen molar-refractivity contribution in [2.45, 2.75) is 12.6 Å². The fourth-order valence-corrected chi connectivity index (χ4v) is 3.48. The van der Waals surface area contributed by atoms with Gasteiger partial charge in [-0.25, -0.2) is 0 Å². The van der Waals surface area contributed by atoms with Crippen LogP contribution in [0.15, 0.2) is 78.9 Å². The van der Waals surface area contributed by atoms with E-state index in [1.165, 1.54) is 27.8 Å². The Bertz CT molecular complexity index is 848. The van der Waals surface area contributed by atoms with Crippen molar-refractivity contribution in [3.63, 3.8) is 0 Å². The summed E-state index contributed by atoms with van der Waals surface area (Å²) in [6.07, 6.45) is 0.847. The molecule has 1 amide bonds. The summed E-state index contributed by atoms with van der Waals surface area (Å²) in [5.74, 6) is 0.150. The van der Waals surface area contributed by atoms with E-state index in [1.54, 1.807) is 4.90 Å². The van der Waals surface area contributed by atoms with Gasteiger partial charge in [0.25, 0.3) is 0 Å². The molecule has 3 aromatic rings. The lowest BCUT2D eigenvalue weighted by atomic mass is 9.94. The first-order valence-corrected chi connectivity index (χ1v) is 8.94. The summed E-state index contributed by atoms with van der Waals surface area (Å²) in [5, 5.41) is 3.30. The molecule has 0 aliphatic carbocycles. The quantitative estimate of drug-likeness (QED) is 0.779. The normalized spacial score (nSPS) is 16.9. The Morgan fingerprint density at radius 1 is 0.846 bits per heavy atom. The third kappa shape index (κ3) is 3.39. The fourth-order valence-electron chi connectivity index (χ4n) is 3.48. The number of nitrogens with one attached hydrogen (secondary N) is 1. The zero-order chi connectivity index (χ0) is 17.9. The summed E-state index contributed by atoms with van der Waals surface area (Å²) in [5.41, 5.74) is 6.04. The van der Waals surface area contributed by atoms with Gasteiger partial charge >= 0.3 is 0 Å². The summed E-state index contributed by atoms with van der Waals surface area (Å²) in [4.78, 5) is 13.6. The molecule has 1 fully saturated rings. The second-order valence-electron chi connectivity index (χ2n) is 6.76. The van der Waals surface area contributed by atoms with Gasteiger partial charge in [0.05, 0.1) is 12.7 Å². The maximum absolute atomic E-state index is 11.8. The molecule has 0 unspecified atom stereocenters. The van der Waals surface area contributed by atoms with Crippen LogP contribution in [0.25, 0.3) is 22.3 Å². The Morgan fingerprint density at radius 2 is 1.38 bits per heavy atom. The molecule has 0 spiro atoms. The number of benzene rings is 3. The van der Waals surface area contributed by atoms with Crippen LogP contribution in [-0.2, 0) is 11.2 Å². The van der Waals surface area contributed by atoms with Crippen LogP contribution in [0.2, 0.25) is 0 Å². The van der Waals surface area contributed by atoms with Crippen molar-refractivity contribution in [1.29, 1.82) is 0 Å². The number of amides is 1. The topological polar surface area (TPSA) is 32.3 Å². The maximum Gasteiger partial charge on any atom is 0.237 e. The standard InChI is InChI=1S/C23H22N2O/c1-25-22(24-16-23(25)26)14-17-12-20(18-8-4-2-5-9-18)15-21(13-17)19-10-6-3-7-11-19/h2-13,15,22,24H,14,16H2,1H3/t22-/m1/s1. The Kier molecular flexibility index (Phi) is 4.55. The van der Waals surface area contributed by atoms with E-state index in [9.17, 15) is 4.79 Å². The number of carbonyl (C=O) groups is 1. The van der Waals surface area contributed by atoms with E-state index in [0.29, 0.717) is 6.54 Å². The summed E-state index contributed by atoms with van der Waals surface area (Å²) in [6.45, 7) is 0.422. The third-order valence-electron chi connectivity index (χ3n) is 4.99. The molecule has 130 valence electrons. The predicted molar refractivity (Wildman–Crippen MR) is 106 cm³/mol. The molecule has 0 bridgehead atoms. The van der Waals surface area contributed by atoms with Crippen molar-refractivity contribution < 1.29 is 4.79 Å². The third-order valence-corrected chi connectivity index (χ3v) is 4.99. The molecule has 0 saturated carbocycles. The summed E-state index contributed by atoms with van der Waals surface area (Å²) in [6, 6.07) is 27.6. The lowest BCUT2D eigenvalue weighted by Crippen LogP contribution is -2.36. The minimum absolute atomic E-state index is 0.0529. The van der Waals surface area contributed by atoms with Gasteiger partial charge in [-0.05, 0) is 33.9 Å². The van der Waals surface area contributed by atoms with Crippen LogP contribution in [0, 0.1) is 0 Å². The first-order chi connectivity index (χ1) is 12.7. The van der Waals surface area contributed by atoms with E-state index in [1.807, 2.05) is 19.2 Å². The summed E-state index contributed by atoms with van der Waals surface area (Å²) >= 11 is 0. The predicted octanol–water partition coefficient (Wildman–Crippen LogP) is 3.95. The molecule has 4 rings (SSSR count). The highest BCUT2D eigenvalue weighted by atomic mass is 16.2. The largest absolute Gasteiger partial charge is 0.329 e. The monoisotopic (exact) mass is 342 g/mol. The average molecular weight is 342 g/mol. The smallest absolute Gasteiger partial charge is 0.237 e. The van der Waals surface area contributed by atoms with Crippen molar-refractivity contribution >= 4 is 5.91 Å². The first-order valence-electron chi connectivity index (χ1n) is 8.94. The van der Waals surface area contributed by atoms with Gasteiger partial charge in [-0.1, -0.05) is 72.8 Å². The number of nitrogens with zero attached hydrogens (tertiary/aromatic N) is 1. The number of hydrogen-bond acceptors (Lipinski definition) is 2. The Hall–Kier alpha value is -2.91. The number of likely N-dealkylation sites (N-methyl/N-ethyl adjacent to an activating group) is 1. The minimum atomic E-state index is 0.0529. The van der Waals surface area contributed by atoms with Crippen LogP contribution < -0.4 is 5.32 Å². The van der Waals surface area contributed by atoms with Gasteiger partial charge in [-0.3, -0.25) is 10.1 Å². The second kappa shape index (κ2) is 7.14. The lowest BCUT2D eigenvalue weighted by molar-refractivity contribution is -0.126. The molecule has 1 aliphatic rings. The van der Waals surface area contributed by atoms with Gasteiger partial charge in [0, 0.05) is 13.5 Å². The van der Waals surface area contributed by atoms with Crippen molar-refractivity contribution in [2.75, 3.05) is 13.6 Å². The summed E-state index contributed by atoms with van der Waals surface area (Å²) in [7, 11) is 1.87. The Morgan fingerprint density at radius 3 is 1.85 bits per heavy atom. The molecule has 1 saturated heterocycles. The molecule has 3 aromatic carbocycles. The number of rotatable bonds is 4. The lowest BCUT2D eigenvalue weighted by Gasteiger charge is -2.20. The molecule has 3 heteroatoms. The van der Waals surface area contributed by atoms with E-state index < -0.39 is 0 Å². The van der Waals surface area contributed by atoms with Crippen molar-refractivity contribution in [3.05, 3.63) is 84.4 Å². The van der Waals surface area contributed by atoms with Gasteiger partial charge in [-0.15, -0.1) is 0 Å². The van der Waals surface area contributed by atoms with Crippen molar-refractivity contribution in [2.24, 2.45) is 0 Å². The molecule has 1 heterocycles. The Balaban J connectivity index is 1.74. The van der Waals surface area contributed by atoms with E-state index in [-0.39, 0.29) is 12.1 Å². The molecule has 3 nitrogen and oxygen atoms in total. The highest BCUT2D eigenvalue weighted by molar-refractivity contribution is 5.80. The molecule has 0 aromatic heterocycles. The summed E-state index contributed by atoms with van der Waals surface area (Å²) < 4.78 is 0. The van der Waals surface area contributed by atoms with Crippen molar-refractivity contribution in [1.82, 2.24) is 10.2 Å². The first kappa shape index (κ1) is 16.6. The second-order valence-corrected chi connectivity index (χ2v) is 6.76. The molecule has 0 radical (unpaired) electrons.